The molecule has 5 rings (SSSR count). The molecule has 2 aromatic carbocycles. The van der Waals surface area contributed by atoms with Crippen molar-refractivity contribution in [1.29, 1.82) is 0 Å². The first-order valence-corrected chi connectivity index (χ1v) is 10.0. The van der Waals surface area contributed by atoms with Gasteiger partial charge in [0.1, 0.15) is 5.82 Å². The van der Waals surface area contributed by atoms with Crippen molar-refractivity contribution in [2.75, 3.05) is 16.8 Å². The molecule has 1 saturated carbocycles. The van der Waals surface area contributed by atoms with Crippen molar-refractivity contribution in [3.63, 3.8) is 0 Å². The number of nitrogens with zero attached hydrogens (tertiary/aromatic N) is 2. The molecule has 0 unspecified atom stereocenters. The Balaban J connectivity index is 1.55. The molecule has 2 aliphatic rings. The predicted molar refractivity (Wildman–Crippen MR) is 113 cm³/mol. The van der Waals surface area contributed by atoms with Gasteiger partial charge in [-0.05, 0) is 55.9 Å². The van der Waals surface area contributed by atoms with Crippen molar-refractivity contribution < 1.29 is 0 Å². The largest absolute Gasteiger partial charge is 0.368 e. The molecule has 4 heteroatoms. The van der Waals surface area contributed by atoms with Crippen molar-refractivity contribution in [1.82, 2.24) is 4.98 Å². The molecule has 1 aromatic heterocycles. The van der Waals surface area contributed by atoms with Crippen LogP contribution in [-0.4, -0.2) is 23.6 Å². The van der Waals surface area contributed by atoms with Crippen molar-refractivity contribution in [2.45, 2.75) is 44.2 Å². The Morgan fingerprint density at radius 3 is 2.59 bits per heavy atom. The first kappa shape index (κ1) is 16.6. The standard InChI is InChI=1S/C23H26N4/c24-17-9-11-19(12-10-17)27-14-13-16-15-25-23(26-18-5-2-1-3-6-18)20-7-4-8-21(27)22(16)20/h1-8,15,17,19H,9-14,24H2,(H,25,26). The Morgan fingerprint density at radius 2 is 1.78 bits per heavy atom. The molecule has 2 heterocycles. The number of anilines is 3. The molecule has 3 aromatic rings. The van der Waals surface area contributed by atoms with Crippen LogP contribution in [0, 0.1) is 0 Å². The minimum absolute atomic E-state index is 0.389. The lowest BCUT2D eigenvalue weighted by Gasteiger charge is -2.40. The zero-order valence-electron chi connectivity index (χ0n) is 15.6. The second kappa shape index (κ2) is 6.86. The fraction of sp³-hybridized carbons (Fsp3) is 0.348. The van der Waals surface area contributed by atoms with Gasteiger partial charge in [0, 0.05) is 47.0 Å². The molecule has 0 radical (unpaired) electrons. The lowest BCUT2D eigenvalue weighted by molar-refractivity contribution is 0.375. The van der Waals surface area contributed by atoms with E-state index in [1.165, 1.54) is 34.9 Å². The van der Waals surface area contributed by atoms with E-state index < -0.39 is 0 Å². The van der Waals surface area contributed by atoms with Crippen molar-refractivity contribution in [3.8, 4) is 0 Å². The third-order valence-corrected chi connectivity index (χ3v) is 6.12. The van der Waals surface area contributed by atoms with Gasteiger partial charge in [-0.25, -0.2) is 4.98 Å². The predicted octanol–water partition coefficient (Wildman–Crippen LogP) is 4.61. The van der Waals surface area contributed by atoms with Crippen LogP contribution >= 0.6 is 0 Å². The van der Waals surface area contributed by atoms with E-state index in [1.54, 1.807) is 0 Å². The summed E-state index contributed by atoms with van der Waals surface area (Å²) in [6, 6.07) is 17.9. The van der Waals surface area contributed by atoms with Crippen LogP contribution in [0.1, 0.15) is 31.2 Å². The average Bonchev–Trinajstić information content (AvgIpc) is 2.72. The fourth-order valence-corrected chi connectivity index (χ4v) is 4.69. The van der Waals surface area contributed by atoms with Gasteiger partial charge in [-0.3, -0.25) is 0 Å². The van der Waals surface area contributed by atoms with Crippen LogP contribution in [0.3, 0.4) is 0 Å². The van der Waals surface area contributed by atoms with Crippen molar-refractivity contribution in [2.24, 2.45) is 5.73 Å². The highest BCUT2D eigenvalue weighted by atomic mass is 15.2. The highest BCUT2D eigenvalue weighted by Crippen LogP contribution is 2.40. The molecule has 0 saturated heterocycles. The van der Waals surface area contributed by atoms with Crippen LogP contribution in [0.4, 0.5) is 17.2 Å². The highest BCUT2D eigenvalue weighted by molar-refractivity contribution is 6.04. The third-order valence-electron chi connectivity index (χ3n) is 6.12. The van der Waals surface area contributed by atoms with Gasteiger partial charge in [0.2, 0.25) is 0 Å². The maximum atomic E-state index is 6.14. The number of para-hydroxylation sites is 1. The molecule has 0 spiro atoms. The summed E-state index contributed by atoms with van der Waals surface area (Å²) in [4.78, 5) is 7.38. The number of nitrogens with one attached hydrogen (secondary N) is 1. The maximum Gasteiger partial charge on any atom is 0.138 e. The lowest BCUT2D eigenvalue weighted by Crippen LogP contribution is -2.43. The number of hydrogen-bond acceptors (Lipinski definition) is 4. The molecule has 1 aliphatic heterocycles. The molecule has 3 N–H and O–H groups in total. The first-order valence-electron chi connectivity index (χ1n) is 10.0. The maximum absolute atomic E-state index is 6.14. The summed E-state index contributed by atoms with van der Waals surface area (Å²) in [5, 5.41) is 6.09. The number of benzene rings is 2. The Morgan fingerprint density at radius 1 is 0.963 bits per heavy atom. The van der Waals surface area contributed by atoms with E-state index in [2.05, 4.69) is 46.7 Å². The summed E-state index contributed by atoms with van der Waals surface area (Å²) in [6.45, 7) is 1.08. The van der Waals surface area contributed by atoms with E-state index in [9.17, 15) is 0 Å². The Hall–Kier alpha value is -2.59. The number of nitrogens with two attached hydrogens (primary N) is 1. The van der Waals surface area contributed by atoms with E-state index >= 15 is 0 Å². The summed E-state index contributed by atoms with van der Waals surface area (Å²) in [5.41, 5.74) is 9.94. The van der Waals surface area contributed by atoms with E-state index in [0.717, 1.165) is 37.3 Å². The summed E-state index contributed by atoms with van der Waals surface area (Å²) in [6.07, 6.45) is 7.81. The zero-order chi connectivity index (χ0) is 18.2. The van der Waals surface area contributed by atoms with Crippen LogP contribution < -0.4 is 16.0 Å². The summed E-state index contributed by atoms with van der Waals surface area (Å²) in [7, 11) is 0. The SMILES string of the molecule is NC1CCC(N2CCc3cnc(Nc4ccccc4)c4cccc2c34)CC1. The molecule has 0 atom stereocenters. The van der Waals surface area contributed by atoms with Crippen LogP contribution in [-0.2, 0) is 6.42 Å². The molecule has 138 valence electrons. The number of rotatable bonds is 3. The van der Waals surface area contributed by atoms with Gasteiger partial charge in [0.15, 0.2) is 0 Å². The van der Waals surface area contributed by atoms with Gasteiger partial charge in [-0.15, -0.1) is 0 Å². The first-order chi connectivity index (χ1) is 13.3. The van der Waals surface area contributed by atoms with E-state index in [4.69, 9.17) is 10.7 Å². The smallest absolute Gasteiger partial charge is 0.138 e. The minimum Gasteiger partial charge on any atom is -0.368 e. The zero-order valence-corrected chi connectivity index (χ0v) is 15.6. The third kappa shape index (κ3) is 3.04. The Bertz CT molecular complexity index is 945. The van der Waals surface area contributed by atoms with Crippen LogP contribution in [0.25, 0.3) is 10.8 Å². The van der Waals surface area contributed by atoms with E-state index in [1.807, 2.05) is 18.2 Å². The number of hydrogen-bond donors (Lipinski definition) is 2. The van der Waals surface area contributed by atoms with E-state index in [-0.39, 0.29) is 0 Å². The molecule has 1 fully saturated rings. The molecule has 0 bridgehead atoms. The minimum atomic E-state index is 0.389. The van der Waals surface area contributed by atoms with Gasteiger partial charge in [-0.1, -0.05) is 30.3 Å². The van der Waals surface area contributed by atoms with Crippen molar-refractivity contribution in [3.05, 3.63) is 60.3 Å². The summed E-state index contributed by atoms with van der Waals surface area (Å²) >= 11 is 0. The van der Waals surface area contributed by atoms with Gasteiger partial charge < -0.3 is 16.0 Å². The monoisotopic (exact) mass is 358 g/mol. The number of pyridine rings is 1. The summed E-state index contributed by atoms with van der Waals surface area (Å²) < 4.78 is 0. The Kier molecular flexibility index (Phi) is 4.21. The molecule has 0 amide bonds. The summed E-state index contributed by atoms with van der Waals surface area (Å²) in [5.74, 6) is 0.939. The molecule has 27 heavy (non-hydrogen) atoms. The number of aromatic nitrogens is 1. The van der Waals surface area contributed by atoms with Gasteiger partial charge in [0.05, 0.1) is 0 Å². The normalized spacial score (nSPS) is 22.0. The van der Waals surface area contributed by atoms with Crippen molar-refractivity contribution >= 4 is 28.0 Å². The van der Waals surface area contributed by atoms with Crippen LogP contribution in [0.15, 0.2) is 54.7 Å². The van der Waals surface area contributed by atoms with E-state index in [0.29, 0.717) is 12.1 Å². The van der Waals surface area contributed by atoms with Gasteiger partial charge >= 0.3 is 0 Å². The Labute approximate surface area is 160 Å². The second-order valence-corrected chi connectivity index (χ2v) is 7.83. The van der Waals surface area contributed by atoms with Gasteiger partial charge in [-0.2, -0.15) is 0 Å². The molecular formula is C23H26N4. The molecule has 4 nitrogen and oxygen atoms in total. The quantitative estimate of drug-likeness (QED) is 0.718. The highest BCUT2D eigenvalue weighted by Gasteiger charge is 2.28. The fourth-order valence-electron chi connectivity index (χ4n) is 4.69. The van der Waals surface area contributed by atoms with Crippen LogP contribution in [0.5, 0.6) is 0 Å². The molecular weight excluding hydrogens is 332 g/mol. The van der Waals surface area contributed by atoms with Crippen LogP contribution in [0.2, 0.25) is 0 Å². The second-order valence-electron chi connectivity index (χ2n) is 7.83. The lowest BCUT2D eigenvalue weighted by atomic mass is 9.88. The average molecular weight is 358 g/mol. The molecule has 1 aliphatic carbocycles. The van der Waals surface area contributed by atoms with Gasteiger partial charge in [0.25, 0.3) is 0 Å². The topological polar surface area (TPSA) is 54.2 Å².